The highest BCUT2D eigenvalue weighted by molar-refractivity contribution is 5.32. The fourth-order valence-electron chi connectivity index (χ4n) is 1.39. The van der Waals surface area contributed by atoms with Crippen LogP contribution >= 0.6 is 0 Å². The van der Waals surface area contributed by atoms with Gasteiger partial charge in [-0.15, -0.1) is 0 Å². The van der Waals surface area contributed by atoms with Crippen LogP contribution < -0.4 is 0 Å². The fourth-order valence-corrected chi connectivity index (χ4v) is 1.39. The third kappa shape index (κ3) is 2.33. The molecule has 0 aliphatic heterocycles. The van der Waals surface area contributed by atoms with Gasteiger partial charge in [-0.3, -0.25) is 0 Å². The molecule has 1 rings (SSSR count). The molecule has 0 saturated heterocycles. The van der Waals surface area contributed by atoms with Gasteiger partial charge in [-0.1, -0.05) is 31.2 Å². The predicted octanol–water partition coefficient (Wildman–Crippen LogP) is 4.11. The average molecular weight is 237 g/mol. The maximum atomic E-state index is 13.1. The van der Waals surface area contributed by atoms with Gasteiger partial charge in [0.1, 0.15) is 0 Å². The molecule has 0 spiro atoms. The van der Waals surface area contributed by atoms with Crippen LogP contribution in [0, 0.1) is 6.92 Å². The number of hydrogen-bond acceptors (Lipinski definition) is 0. The minimum atomic E-state index is -5.57. The van der Waals surface area contributed by atoms with Gasteiger partial charge in [-0.05, 0) is 18.4 Å². The van der Waals surface area contributed by atoms with Gasteiger partial charge in [0.05, 0.1) is 0 Å². The number of alkyl halides is 5. The maximum Gasteiger partial charge on any atom is 0.458 e. The first-order valence-corrected chi connectivity index (χ1v) is 4.63. The van der Waals surface area contributed by atoms with E-state index in [1.165, 1.54) is 18.2 Å². The van der Waals surface area contributed by atoms with Crippen molar-refractivity contribution < 1.29 is 22.0 Å². The van der Waals surface area contributed by atoms with E-state index >= 15 is 0 Å². The Kier molecular flexibility index (Phi) is 3.55. The Morgan fingerprint density at radius 3 is 2.06 bits per heavy atom. The van der Waals surface area contributed by atoms with Crippen LogP contribution in [-0.2, 0) is 12.3 Å². The largest absolute Gasteiger partial charge is 0.458 e. The molecule has 0 atom stereocenters. The second-order valence-electron chi connectivity index (χ2n) is 3.33. The van der Waals surface area contributed by atoms with Crippen molar-refractivity contribution in [3.8, 4) is 0 Å². The molecule has 0 nitrogen and oxygen atoms in total. The topological polar surface area (TPSA) is 0 Å². The Hall–Kier alpha value is -1.13. The summed E-state index contributed by atoms with van der Waals surface area (Å²) >= 11 is 0. The van der Waals surface area contributed by atoms with Gasteiger partial charge in [0, 0.05) is 5.56 Å². The first-order chi connectivity index (χ1) is 7.30. The number of halogens is 5. The van der Waals surface area contributed by atoms with Gasteiger partial charge in [0.15, 0.2) is 0 Å². The van der Waals surface area contributed by atoms with Crippen molar-refractivity contribution >= 4 is 0 Å². The second-order valence-corrected chi connectivity index (χ2v) is 3.33. The van der Waals surface area contributed by atoms with Gasteiger partial charge in [-0.25, -0.2) is 0 Å². The summed E-state index contributed by atoms with van der Waals surface area (Å²) in [5, 5.41) is 0. The quantitative estimate of drug-likeness (QED) is 0.694. The van der Waals surface area contributed by atoms with Crippen molar-refractivity contribution in [2.75, 3.05) is 0 Å². The van der Waals surface area contributed by atoms with Crippen LogP contribution in [0.15, 0.2) is 24.3 Å². The third-order valence-corrected chi connectivity index (χ3v) is 2.16. The molecule has 1 aromatic carbocycles. The molecule has 89 valence electrons. The van der Waals surface area contributed by atoms with Crippen LogP contribution in [0.1, 0.15) is 17.5 Å². The minimum absolute atomic E-state index is 0.0141. The zero-order valence-electron chi connectivity index (χ0n) is 8.32. The smallest absolute Gasteiger partial charge is 0.191 e. The monoisotopic (exact) mass is 237 g/mol. The van der Waals surface area contributed by atoms with E-state index in [4.69, 9.17) is 0 Å². The first-order valence-electron chi connectivity index (χ1n) is 4.63. The van der Waals surface area contributed by atoms with Gasteiger partial charge in [0.25, 0.3) is 0 Å². The van der Waals surface area contributed by atoms with E-state index in [1.54, 1.807) is 0 Å². The lowest BCUT2D eigenvalue weighted by Gasteiger charge is -2.22. The lowest BCUT2D eigenvalue weighted by atomic mass is 9.98. The Bertz CT molecular complexity index is 354. The van der Waals surface area contributed by atoms with Crippen molar-refractivity contribution in [3.63, 3.8) is 0 Å². The summed E-state index contributed by atoms with van der Waals surface area (Å²) in [4.78, 5) is 0. The van der Waals surface area contributed by atoms with Crippen LogP contribution in [0.3, 0.4) is 0 Å². The Balaban J connectivity index is 3.21. The molecule has 0 amide bonds. The molecule has 5 heteroatoms. The zero-order valence-corrected chi connectivity index (χ0v) is 8.32. The van der Waals surface area contributed by atoms with E-state index in [0.717, 1.165) is 6.07 Å². The number of rotatable bonds is 3. The molecule has 1 aromatic rings. The van der Waals surface area contributed by atoms with E-state index in [9.17, 15) is 22.0 Å². The molecule has 0 aliphatic rings. The van der Waals surface area contributed by atoms with Gasteiger partial charge in [0.2, 0.25) is 0 Å². The summed E-state index contributed by atoms with van der Waals surface area (Å²) in [5.41, 5.74) is -0.994. The van der Waals surface area contributed by atoms with Gasteiger partial charge in [-0.2, -0.15) is 22.0 Å². The molecule has 0 saturated carbocycles. The summed E-state index contributed by atoms with van der Waals surface area (Å²) in [5.74, 6) is -4.81. The Labute approximate surface area is 90.1 Å². The highest BCUT2D eigenvalue weighted by Crippen LogP contribution is 2.45. The molecule has 1 radical (unpaired) electrons. The molecule has 0 heterocycles. The van der Waals surface area contributed by atoms with Gasteiger partial charge < -0.3 is 0 Å². The van der Waals surface area contributed by atoms with Crippen LogP contribution in [-0.4, -0.2) is 6.18 Å². The predicted molar refractivity (Wildman–Crippen MR) is 50.1 cm³/mol. The zero-order chi connectivity index (χ0) is 12.4. The molecular formula is C11H10F5. The lowest BCUT2D eigenvalue weighted by Crippen LogP contribution is -2.34. The Morgan fingerprint density at radius 2 is 1.56 bits per heavy atom. The summed E-state index contributed by atoms with van der Waals surface area (Å²) < 4.78 is 62.7. The molecule has 0 aromatic heterocycles. The molecule has 0 fully saturated rings. The summed E-state index contributed by atoms with van der Waals surface area (Å²) in [6.45, 7) is 3.44. The van der Waals surface area contributed by atoms with E-state index in [0.29, 0.717) is 0 Å². The summed E-state index contributed by atoms with van der Waals surface area (Å²) in [6.07, 6.45) is -5.20. The molecule has 0 N–H and O–H groups in total. The number of benzene rings is 1. The van der Waals surface area contributed by atoms with Crippen LogP contribution in [0.5, 0.6) is 0 Å². The maximum absolute atomic E-state index is 13.1. The highest BCUT2D eigenvalue weighted by Gasteiger charge is 2.59. The minimum Gasteiger partial charge on any atom is -0.191 e. The standard InChI is InChI=1S/C11H10F5/c1-2-5-8-6-3-4-7-9(8)10(12,13)11(14,15)16/h3-4,6-7H,1-2,5H2. The molecule has 0 unspecified atom stereocenters. The third-order valence-electron chi connectivity index (χ3n) is 2.16. The molecule has 0 bridgehead atoms. The SMILES string of the molecule is [CH2]CCc1ccccc1C(F)(F)C(F)(F)F. The second kappa shape index (κ2) is 4.39. The summed E-state index contributed by atoms with van der Waals surface area (Å²) in [7, 11) is 0. The van der Waals surface area contributed by atoms with Crippen molar-refractivity contribution in [1.29, 1.82) is 0 Å². The molecular weight excluding hydrogens is 227 g/mol. The van der Waals surface area contributed by atoms with E-state index in [-0.39, 0.29) is 18.4 Å². The van der Waals surface area contributed by atoms with E-state index in [1.807, 2.05) is 0 Å². The molecule has 0 aliphatic carbocycles. The Morgan fingerprint density at radius 1 is 1.00 bits per heavy atom. The average Bonchev–Trinajstić information content (AvgIpc) is 2.17. The summed E-state index contributed by atoms with van der Waals surface area (Å²) in [6, 6.07) is 4.67. The van der Waals surface area contributed by atoms with E-state index < -0.39 is 17.7 Å². The van der Waals surface area contributed by atoms with Crippen LogP contribution in [0.25, 0.3) is 0 Å². The number of hydrogen-bond donors (Lipinski definition) is 0. The van der Waals surface area contributed by atoms with Crippen molar-refractivity contribution in [2.24, 2.45) is 0 Å². The fraction of sp³-hybridized carbons (Fsp3) is 0.364. The first kappa shape index (κ1) is 12.9. The van der Waals surface area contributed by atoms with Crippen LogP contribution in [0.4, 0.5) is 22.0 Å². The van der Waals surface area contributed by atoms with Crippen molar-refractivity contribution in [1.82, 2.24) is 0 Å². The van der Waals surface area contributed by atoms with Crippen molar-refractivity contribution in [2.45, 2.75) is 24.9 Å². The normalized spacial score (nSPS) is 12.9. The lowest BCUT2D eigenvalue weighted by molar-refractivity contribution is -0.289. The molecule has 16 heavy (non-hydrogen) atoms. The van der Waals surface area contributed by atoms with E-state index in [2.05, 4.69) is 6.92 Å². The van der Waals surface area contributed by atoms with Crippen LogP contribution in [0.2, 0.25) is 0 Å². The van der Waals surface area contributed by atoms with Crippen molar-refractivity contribution in [3.05, 3.63) is 42.3 Å². The highest BCUT2D eigenvalue weighted by atomic mass is 19.4. The van der Waals surface area contributed by atoms with Gasteiger partial charge >= 0.3 is 12.1 Å². The number of aryl methyl sites for hydroxylation is 1.